The average Bonchev–Trinajstić information content (AvgIpc) is 3.22. The Morgan fingerprint density at radius 3 is 3.08 bits per heavy atom. The van der Waals surface area contributed by atoms with Crippen LogP contribution in [0.3, 0.4) is 0 Å². The molecular weight excluding hydrogens is 351 g/mol. The van der Waals surface area contributed by atoms with Gasteiger partial charge in [0, 0.05) is 36.2 Å². The summed E-state index contributed by atoms with van der Waals surface area (Å²) < 4.78 is 46.3. The number of rotatable bonds is 3. The predicted molar refractivity (Wildman–Crippen MR) is 83.3 cm³/mol. The van der Waals surface area contributed by atoms with E-state index >= 15 is 0 Å². The minimum absolute atomic E-state index is 0.0370. The highest BCUT2D eigenvalue weighted by molar-refractivity contribution is 5.79. The van der Waals surface area contributed by atoms with E-state index in [9.17, 15) is 18.0 Å². The molecule has 4 rings (SSSR count). The molecule has 1 aliphatic carbocycles. The summed E-state index contributed by atoms with van der Waals surface area (Å²) in [6, 6.07) is 1.77. The lowest BCUT2D eigenvalue weighted by Crippen LogP contribution is -2.34. The molecule has 2 aromatic heterocycles. The number of nitrogens with zero attached hydrogens (tertiary/aromatic N) is 3. The van der Waals surface area contributed by atoms with Crippen molar-refractivity contribution >= 4 is 5.91 Å². The number of ether oxygens (including phenoxy) is 1. The smallest absolute Gasteiger partial charge is 0.435 e. The van der Waals surface area contributed by atoms with Crippen LogP contribution in [0, 0.1) is 5.92 Å². The highest BCUT2D eigenvalue weighted by Crippen LogP contribution is 2.36. The fourth-order valence-corrected chi connectivity index (χ4v) is 3.48. The van der Waals surface area contributed by atoms with E-state index in [1.807, 2.05) is 0 Å². The number of alkyl halides is 3. The van der Waals surface area contributed by atoms with Crippen molar-refractivity contribution in [3.63, 3.8) is 0 Å². The van der Waals surface area contributed by atoms with Crippen LogP contribution in [0.1, 0.15) is 35.5 Å². The van der Waals surface area contributed by atoms with Crippen molar-refractivity contribution in [2.24, 2.45) is 5.92 Å². The van der Waals surface area contributed by atoms with Gasteiger partial charge < -0.3 is 10.1 Å². The molecule has 10 heteroatoms. The van der Waals surface area contributed by atoms with Crippen molar-refractivity contribution in [2.45, 2.75) is 44.9 Å². The number of halogens is 3. The first-order chi connectivity index (χ1) is 12.4. The van der Waals surface area contributed by atoms with Crippen LogP contribution >= 0.6 is 0 Å². The van der Waals surface area contributed by atoms with Gasteiger partial charge in [-0.3, -0.25) is 9.89 Å². The van der Waals surface area contributed by atoms with Crippen LogP contribution < -0.4 is 10.1 Å². The Hall–Kier alpha value is -2.52. The third-order valence-electron chi connectivity index (χ3n) is 4.79. The fourth-order valence-electron chi connectivity index (χ4n) is 3.48. The molecule has 2 N–H and O–H groups in total. The Morgan fingerprint density at radius 2 is 2.31 bits per heavy atom. The highest BCUT2D eigenvalue weighted by Gasteiger charge is 2.40. The van der Waals surface area contributed by atoms with E-state index in [4.69, 9.17) is 4.74 Å². The van der Waals surface area contributed by atoms with E-state index in [0.29, 0.717) is 36.7 Å². The quantitative estimate of drug-likeness (QED) is 0.865. The van der Waals surface area contributed by atoms with Gasteiger partial charge in [-0.1, -0.05) is 0 Å². The lowest BCUT2D eigenvalue weighted by molar-refractivity contribution is -0.142. The van der Waals surface area contributed by atoms with Gasteiger partial charge in [0.05, 0.1) is 18.8 Å². The predicted octanol–water partition coefficient (Wildman–Crippen LogP) is 1.83. The Labute approximate surface area is 146 Å². The highest BCUT2D eigenvalue weighted by atomic mass is 19.4. The molecule has 0 saturated carbocycles. The Kier molecular flexibility index (Phi) is 4.12. The van der Waals surface area contributed by atoms with Gasteiger partial charge in [-0.25, -0.2) is 4.68 Å². The van der Waals surface area contributed by atoms with Gasteiger partial charge in [0.1, 0.15) is 0 Å². The summed E-state index contributed by atoms with van der Waals surface area (Å²) in [6.45, 7) is 1.65. The first-order valence-electron chi connectivity index (χ1n) is 8.52. The third kappa shape index (κ3) is 3.15. The minimum Gasteiger partial charge on any atom is -0.478 e. The van der Waals surface area contributed by atoms with E-state index in [1.54, 1.807) is 10.7 Å². The van der Waals surface area contributed by atoms with E-state index in [-0.39, 0.29) is 24.4 Å². The van der Waals surface area contributed by atoms with Gasteiger partial charge in [-0.05, 0) is 19.3 Å². The molecular formula is C16H18F3N5O2. The molecule has 1 aliphatic heterocycles. The van der Waals surface area contributed by atoms with Crippen molar-refractivity contribution in [3.8, 4) is 5.88 Å². The summed E-state index contributed by atoms with van der Waals surface area (Å²) in [7, 11) is 0. The molecule has 0 fully saturated rings. The minimum atomic E-state index is -4.52. The molecule has 7 nitrogen and oxygen atoms in total. The number of amides is 1. The third-order valence-corrected chi connectivity index (χ3v) is 4.79. The maximum atomic E-state index is 13.0. The molecule has 0 spiro atoms. The Bertz CT molecular complexity index is 803. The maximum Gasteiger partial charge on any atom is 0.435 e. The summed E-state index contributed by atoms with van der Waals surface area (Å²) in [6.07, 6.45) is -2.73. The summed E-state index contributed by atoms with van der Waals surface area (Å²) in [5, 5.41) is 13.0. The van der Waals surface area contributed by atoms with Crippen LogP contribution in [0.25, 0.3) is 0 Å². The van der Waals surface area contributed by atoms with Crippen LogP contribution in [0.15, 0.2) is 6.07 Å². The number of aromatic amines is 1. The van der Waals surface area contributed by atoms with Crippen LogP contribution in [0.4, 0.5) is 13.2 Å². The number of hydrogen-bond acceptors (Lipinski definition) is 4. The van der Waals surface area contributed by atoms with Crippen molar-refractivity contribution < 1.29 is 22.7 Å². The maximum absolute atomic E-state index is 13.0. The monoisotopic (exact) mass is 369 g/mol. The number of H-pyrrole nitrogens is 1. The normalized spacial score (nSPS) is 19.4. The van der Waals surface area contributed by atoms with Crippen LogP contribution in [-0.4, -0.2) is 32.5 Å². The molecule has 1 unspecified atom stereocenters. The fraction of sp³-hybridized carbons (Fsp3) is 0.562. The molecule has 1 atom stereocenters. The van der Waals surface area contributed by atoms with E-state index in [2.05, 4.69) is 20.6 Å². The number of fused-ring (bicyclic) bond motifs is 2. The zero-order chi connectivity index (χ0) is 18.3. The molecule has 3 heterocycles. The molecule has 0 saturated heterocycles. The zero-order valence-electron chi connectivity index (χ0n) is 13.9. The summed E-state index contributed by atoms with van der Waals surface area (Å²) in [4.78, 5) is 12.4. The van der Waals surface area contributed by atoms with Crippen molar-refractivity contribution in [3.05, 3.63) is 28.7 Å². The first kappa shape index (κ1) is 16.9. The molecule has 1 amide bonds. The summed E-state index contributed by atoms with van der Waals surface area (Å²) >= 11 is 0. The topological polar surface area (TPSA) is 84.8 Å². The zero-order valence-corrected chi connectivity index (χ0v) is 13.9. The number of hydrogen-bond donors (Lipinski definition) is 2. The van der Waals surface area contributed by atoms with Gasteiger partial charge >= 0.3 is 6.18 Å². The second-order valence-corrected chi connectivity index (χ2v) is 6.58. The molecule has 26 heavy (non-hydrogen) atoms. The van der Waals surface area contributed by atoms with Crippen LogP contribution in [0.2, 0.25) is 0 Å². The molecule has 0 aromatic carbocycles. The van der Waals surface area contributed by atoms with Crippen molar-refractivity contribution in [1.29, 1.82) is 0 Å². The van der Waals surface area contributed by atoms with Gasteiger partial charge in [0.15, 0.2) is 5.69 Å². The molecule has 2 aromatic rings. The lowest BCUT2D eigenvalue weighted by Gasteiger charge is -2.22. The Balaban J connectivity index is 1.40. The SMILES string of the molecule is O=C(NCc1cc2n(n1)CCCO2)C1CCc2[nH]nc(C(F)(F)F)c2C1. The van der Waals surface area contributed by atoms with Gasteiger partial charge in [0.25, 0.3) is 0 Å². The first-order valence-corrected chi connectivity index (χ1v) is 8.52. The lowest BCUT2D eigenvalue weighted by atomic mass is 9.85. The standard InChI is InChI=1S/C16H18F3N5O2/c17-16(18,19)14-11-6-9(2-3-12(11)21-22-14)15(25)20-8-10-7-13-24(23-10)4-1-5-26-13/h7,9H,1-6,8H2,(H,20,25)(H,21,22). The summed E-state index contributed by atoms with van der Waals surface area (Å²) in [5.74, 6) is -0.0948. The van der Waals surface area contributed by atoms with Gasteiger partial charge in [-0.15, -0.1) is 0 Å². The second kappa shape index (κ2) is 6.33. The van der Waals surface area contributed by atoms with Crippen LogP contribution in [0.5, 0.6) is 5.88 Å². The van der Waals surface area contributed by atoms with E-state index in [1.165, 1.54) is 0 Å². The van der Waals surface area contributed by atoms with E-state index in [0.717, 1.165) is 13.0 Å². The molecule has 0 bridgehead atoms. The number of carbonyl (C=O) groups excluding carboxylic acids is 1. The van der Waals surface area contributed by atoms with Crippen molar-refractivity contribution in [1.82, 2.24) is 25.3 Å². The largest absolute Gasteiger partial charge is 0.478 e. The number of aryl methyl sites for hydroxylation is 2. The molecule has 0 radical (unpaired) electrons. The van der Waals surface area contributed by atoms with Gasteiger partial charge in [0.2, 0.25) is 11.8 Å². The number of aromatic nitrogens is 4. The number of nitrogens with one attached hydrogen (secondary N) is 2. The molecule has 2 aliphatic rings. The summed E-state index contributed by atoms with van der Waals surface area (Å²) in [5.41, 5.74) is 0.338. The van der Waals surface area contributed by atoms with Gasteiger partial charge in [-0.2, -0.15) is 23.4 Å². The molecule has 140 valence electrons. The second-order valence-electron chi connectivity index (χ2n) is 6.58. The van der Waals surface area contributed by atoms with Crippen LogP contribution in [-0.2, 0) is 36.9 Å². The van der Waals surface area contributed by atoms with Crippen molar-refractivity contribution in [2.75, 3.05) is 6.61 Å². The number of carbonyl (C=O) groups is 1. The Morgan fingerprint density at radius 1 is 1.46 bits per heavy atom. The van der Waals surface area contributed by atoms with E-state index < -0.39 is 17.8 Å². The average molecular weight is 369 g/mol.